The van der Waals surface area contributed by atoms with Crippen LogP contribution in [-0.4, -0.2) is 23.4 Å². The van der Waals surface area contributed by atoms with Gasteiger partial charge >= 0.3 is 6.03 Å². The van der Waals surface area contributed by atoms with E-state index >= 15 is 0 Å². The zero-order chi connectivity index (χ0) is 15.8. The van der Waals surface area contributed by atoms with Gasteiger partial charge in [0.1, 0.15) is 5.54 Å². The average molecular weight is 285 g/mol. The molecule has 1 heterocycles. The molecule has 1 aliphatic rings. The topological polar surface area (TPSA) is 73.2 Å². The minimum atomic E-state index is -1.07. The van der Waals surface area contributed by atoms with Crippen molar-refractivity contribution in [3.05, 3.63) is 34.9 Å². The largest absolute Gasteiger partial charge is 0.325 e. The molecule has 5 heteroatoms. The lowest BCUT2D eigenvalue weighted by atomic mass is 9.87. The summed E-state index contributed by atoms with van der Waals surface area (Å²) in [7, 11) is 0. The number of carbonyl (C=O) groups excluding carboxylic acids is 2. The summed E-state index contributed by atoms with van der Waals surface area (Å²) in [4.78, 5) is 25.9. The third-order valence-corrected chi connectivity index (χ3v) is 3.87. The molecule has 5 nitrogen and oxygen atoms in total. The van der Waals surface area contributed by atoms with Crippen LogP contribution in [0.25, 0.3) is 0 Å². The SMILES string of the molecule is Cc1ccc(C2(C)NC(=O)N(CC(C)C#N)C2=O)c(C)c1. The van der Waals surface area contributed by atoms with E-state index in [4.69, 9.17) is 5.26 Å². The smallest absolute Gasteiger partial charge is 0.319 e. The van der Waals surface area contributed by atoms with Crippen LogP contribution >= 0.6 is 0 Å². The van der Waals surface area contributed by atoms with Gasteiger partial charge in [0.25, 0.3) is 5.91 Å². The van der Waals surface area contributed by atoms with Gasteiger partial charge in [0.15, 0.2) is 0 Å². The van der Waals surface area contributed by atoms with Crippen LogP contribution < -0.4 is 5.32 Å². The Morgan fingerprint density at radius 2 is 2.05 bits per heavy atom. The van der Waals surface area contributed by atoms with Crippen molar-refractivity contribution in [1.29, 1.82) is 5.26 Å². The number of amides is 3. The highest BCUT2D eigenvalue weighted by Gasteiger charge is 2.49. The van der Waals surface area contributed by atoms with E-state index in [9.17, 15) is 9.59 Å². The fourth-order valence-corrected chi connectivity index (χ4v) is 2.73. The van der Waals surface area contributed by atoms with Gasteiger partial charge in [0.05, 0.1) is 12.0 Å². The van der Waals surface area contributed by atoms with Gasteiger partial charge in [-0.1, -0.05) is 23.8 Å². The van der Waals surface area contributed by atoms with Crippen LogP contribution in [0.4, 0.5) is 4.79 Å². The molecule has 3 amide bonds. The van der Waals surface area contributed by atoms with Gasteiger partial charge < -0.3 is 5.32 Å². The molecule has 1 aromatic carbocycles. The molecule has 0 radical (unpaired) electrons. The van der Waals surface area contributed by atoms with Crippen molar-refractivity contribution < 1.29 is 9.59 Å². The molecule has 1 aliphatic heterocycles. The third kappa shape index (κ3) is 2.49. The lowest BCUT2D eigenvalue weighted by Crippen LogP contribution is -2.42. The number of rotatable bonds is 3. The van der Waals surface area contributed by atoms with Gasteiger partial charge in [0.2, 0.25) is 0 Å². The summed E-state index contributed by atoms with van der Waals surface area (Å²) in [6.45, 7) is 7.42. The maximum absolute atomic E-state index is 12.7. The first-order valence-electron chi connectivity index (χ1n) is 6.91. The Morgan fingerprint density at radius 1 is 1.38 bits per heavy atom. The van der Waals surface area contributed by atoms with E-state index < -0.39 is 11.6 Å². The summed E-state index contributed by atoms with van der Waals surface area (Å²) in [5, 5.41) is 11.6. The summed E-state index contributed by atoms with van der Waals surface area (Å²) < 4.78 is 0. The molecule has 110 valence electrons. The predicted molar refractivity (Wildman–Crippen MR) is 78.3 cm³/mol. The van der Waals surface area contributed by atoms with Crippen LogP contribution in [0.15, 0.2) is 18.2 Å². The van der Waals surface area contributed by atoms with Crippen molar-refractivity contribution in [2.24, 2.45) is 5.92 Å². The fourth-order valence-electron chi connectivity index (χ4n) is 2.73. The zero-order valence-corrected chi connectivity index (χ0v) is 12.7. The number of carbonyl (C=O) groups is 2. The molecule has 0 saturated carbocycles. The van der Waals surface area contributed by atoms with Crippen molar-refractivity contribution >= 4 is 11.9 Å². The Hall–Kier alpha value is -2.35. The van der Waals surface area contributed by atoms with E-state index in [1.54, 1.807) is 13.8 Å². The van der Waals surface area contributed by atoms with Crippen LogP contribution in [0.1, 0.15) is 30.5 Å². The normalized spacial score (nSPS) is 22.9. The maximum Gasteiger partial charge on any atom is 0.325 e. The quantitative estimate of drug-likeness (QED) is 0.865. The monoisotopic (exact) mass is 285 g/mol. The van der Waals surface area contributed by atoms with Gasteiger partial charge in [0, 0.05) is 6.54 Å². The van der Waals surface area contributed by atoms with Gasteiger partial charge in [-0.05, 0) is 38.8 Å². The highest BCUT2D eigenvalue weighted by Crippen LogP contribution is 2.31. The maximum atomic E-state index is 12.7. The Bertz CT molecular complexity index is 647. The molecule has 0 aromatic heterocycles. The molecule has 1 saturated heterocycles. The van der Waals surface area contributed by atoms with E-state index in [-0.39, 0.29) is 18.4 Å². The highest BCUT2D eigenvalue weighted by atomic mass is 16.2. The average Bonchev–Trinajstić information content (AvgIpc) is 2.62. The van der Waals surface area contributed by atoms with Crippen LogP contribution in [0, 0.1) is 31.1 Å². The van der Waals surface area contributed by atoms with Crippen molar-refractivity contribution in [2.75, 3.05) is 6.54 Å². The minimum Gasteiger partial charge on any atom is -0.319 e. The lowest BCUT2D eigenvalue weighted by Gasteiger charge is -2.24. The van der Waals surface area contributed by atoms with Crippen molar-refractivity contribution in [3.63, 3.8) is 0 Å². The summed E-state index contributed by atoms with van der Waals surface area (Å²) in [6.07, 6.45) is 0. The Balaban J connectivity index is 2.38. The lowest BCUT2D eigenvalue weighted by molar-refractivity contribution is -0.131. The number of urea groups is 1. The molecule has 1 aromatic rings. The second kappa shape index (κ2) is 5.21. The first kappa shape index (κ1) is 15.0. The van der Waals surface area contributed by atoms with Crippen LogP contribution in [0.3, 0.4) is 0 Å². The first-order chi connectivity index (χ1) is 9.79. The third-order valence-electron chi connectivity index (χ3n) is 3.87. The number of aryl methyl sites for hydroxylation is 2. The summed E-state index contributed by atoms with van der Waals surface area (Å²) in [5.41, 5.74) is 1.79. The molecule has 2 rings (SSSR count). The van der Waals surface area contributed by atoms with Crippen LogP contribution in [0.2, 0.25) is 0 Å². The zero-order valence-electron chi connectivity index (χ0n) is 12.7. The number of hydrogen-bond acceptors (Lipinski definition) is 3. The van der Waals surface area contributed by atoms with Crippen molar-refractivity contribution in [2.45, 2.75) is 33.2 Å². The Labute approximate surface area is 124 Å². The Kier molecular flexibility index (Phi) is 3.73. The molecular weight excluding hydrogens is 266 g/mol. The molecule has 0 spiro atoms. The number of imide groups is 1. The number of nitrogens with one attached hydrogen (secondary N) is 1. The minimum absolute atomic E-state index is 0.113. The second-order valence-corrected chi connectivity index (χ2v) is 5.82. The van der Waals surface area contributed by atoms with Gasteiger partial charge in [-0.15, -0.1) is 0 Å². The fraction of sp³-hybridized carbons (Fsp3) is 0.438. The summed E-state index contributed by atoms with van der Waals surface area (Å²) in [5.74, 6) is -0.692. The van der Waals surface area contributed by atoms with Crippen molar-refractivity contribution in [1.82, 2.24) is 10.2 Å². The Morgan fingerprint density at radius 3 is 2.62 bits per heavy atom. The van der Waals surface area contributed by atoms with Crippen molar-refractivity contribution in [3.8, 4) is 6.07 Å². The van der Waals surface area contributed by atoms with E-state index in [2.05, 4.69) is 5.32 Å². The van der Waals surface area contributed by atoms with E-state index in [1.807, 2.05) is 38.1 Å². The van der Waals surface area contributed by atoms with E-state index in [1.165, 1.54) is 0 Å². The highest BCUT2D eigenvalue weighted by molar-refractivity contribution is 6.07. The summed E-state index contributed by atoms with van der Waals surface area (Å²) >= 11 is 0. The molecule has 0 bridgehead atoms. The molecule has 0 aliphatic carbocycles. The number of hydrogen-bond donors (Lipinski definition) is 1. The first-order valence-corrected chi connectivity index (χ1v) is 6.91. The standard InChI is InChI=1S/C16H19N3O2/c1-10-5-6-13(12(3)7-10)16(4)14(20)19(15(21)18-16)9-11(2)8-17/h5-7,11H,9H2,1-4H3,(H,18,21). The number of nitrogens with zero attached hydrogens (tertiary/aromatic N) is 2. The molecule has 1 fully saturated rings. The molecule has 2 atom stereocenters. The molecule has 2 unspecified atom stereocenters. The molecular formula is C16H19N3O2. The van der Waals surface area contributed by atoms with Gasteiger partial charge in [-0.25, -0.2) is 4.79 Å². The van der Waals surface area contributed by atoms with E-state index in [0.717, 1.165) is 21.6 Å². The molecule has 1 N–H and O–H groups in total. The van der Waals surface area contributed by atoms with Gasteiger partial charge in [-0.2, -0.15) is 5.26 Å². The molecule has 21 heavy (non-hydrogen) atoms. The second-order valence-electron chi connectivity index (χ2n) is 5.82. The van der Waals surface area contributed by atoms with Crippen LogP contribution in [0.5, 0.6) is 0 Å². The number of benzene rings is 1. The van der Waals surface area contributed by atoms with Gasteiger partial charge in [-0.3, -0.25) is 9.69 Å². The van der Waals surface area contributed by atoms with E-state index in [0.29, 0.717) is 0 Å². The summed E-state index contributed by atoms with van der Waals surface area (Å²) in [6, 6.07) is 7.39. The predicted octanol–water partition coefficient (Wildman–Crippen LogP) is 2.23. The van der Waals surface area contributed by atoms with Crippen LogP contribution in [-0.2, 0) is 10.3 Å². The number of nitriles is 1.